The van der Waals surface area contributed by atoms with Crippen molar-refractivity contribution in [2.45, 2.75) is 24.2 Å². The Hall–Kier alpha value is -0.490. The first-order chi connectivity index (χ1) is 9.29. The van der Waals surface area contributed by atoms with Crippen molar-refractivity contribution in [3.8, 4) is 0 Å². The van der Waals surface area contributed by atoms with Gasteiger partial charge in [-0.3, -0.25) is 0 Å². The zero-order valence-electron chi connectivity index (χ0n) is 10.2. The van der Waals surface area contributed by atoms with Crippen LogP contribution < -0.4 is 0 Å². The van der Waals surface area contributed by atoms with E-state index in [1.165, 1.54) is 18.9 Å². The molecule has 2 rings (SSSR count). The highest BCUT2D eigenvalue weighted by Gasteiger charge is 2.23. The molecule has 0 N–H and O–H groups in total. The molecule has 0 atom stereocenters. The van der Waals surface area contributed by atoms with Crippen molar-refractivity contribution in [2.75, 3.05) is 6.61 Å². The summed E-state index contributed by atoms with van der Waals surface area (Å²) >= 11 is 11.6. The van der Waals surface area contributed by atoms with Crippen molar-refractivity contribution in [3.05, 3.63) is 27.7 Å². The number of ether oxygens (including phenoxy) is 1. The first-order valence-corrected chi connectivity index (χ1v) is 8.96. The average molecular weight is 358 g/mol. The Labute approximate surface area is 131 Å². The lowest BCUT2D eigenvalue weighted by Crippen LogP contribution is -2.08. The Morgan fingerprint density at radius 2 is 1.95 bits per heavy atom. The first-order valence-electron chi connectivity index (χ1n) is 5.90. The topological polar surface area (TPSA) is 60.4 Å². The first kappa shape index (κ1) is 15.9. The van der Waals surface area contributed by atoms with Crippen LogP contribution in [0.15, 0.2) is 17.0 Å². The molecule has 0 aromatic heterocycles. The van der Waals surface area contributed by atoms with Gasteiger partial charge in [-0.25, -0.2) is 13.2 Å². The molecule has 1 aliphatic carbocycles. The van der Waals surface area contributed by atoms with Crippen LogP contribution in [0, 0.1) is 5.92 Å². The van der Waals surface area contributed by atoms with Crippen molar-refractivity contribution in [3.63, 3.8) is 0 Å². The maximum absolute atomic E-state index is 11.8. The number of benzene rings is 1. The standard InChI is InChI=1S/C12H11Cl3O4S/c13-9-5-8(6-10(11(9)14)20(15,17)18)12(16)19-4-3-7-1-2-7/h5-7H,1-4H2. The highest BCUT2D eigenvalue weighted by molar-refractivity contribution is 8.13. The van der Waals surface area contributed by atoms with Gasteiger partial charge in [0.05, 0.1) is 22.2 Å². The molecule has 4 nitrogen and oxygen atoms in total. The number of esters is 1. The van der Waals surface area contributed by atoms with Crippen LogP contribution in [0.3, 0.4) is 0 Å². The van der Waals surface area contributed by atoms with Crippen LogP contribution in [0.5, 0.6) is 0 Å². The van der Waals surface area contributed by atoms with E-state index in [1.807, 2.05) is 0 Å². The largest absolute Gasteiger partial charge is 0.462 e. The predicted molar refractivity (Wildman–Crippen MR) is 77.1 cm³/mol. The Balaban J connectivity index is 2.18. The van der Waals surface area contributed by atoms with Gasteiger partial charge in [-0.1, -0.05) is 36.0 Å². The summed E-state index contributed by atoms with van der Waals surface area (Å²) in [5, 5.41) is -0.279. The lowest BCUT2D eigenvalue weighted by molar-refractivity contribution is 0.0494. The SMILES string of the molecule is O=C(OCCC1CC1)c1cc(Cl)c(Cl)c(S(=O)(=O)Cl)c1. The second kappa shape index (κ2) is 6.10. The number of rotatable bonds is 5. The van der Waals surface area contributed by atoms with Gasteiger partial charge >= 0.3 is 5.97 Å². The van der Waals surface area contributed by atoms with Gasteiger partial charge in [-0.15, -0.1) is 0 Å². The number of halogens is 3. The van der Waals surface area contributed by atoms with Crippen LogP contribution in [0.25, 0.3) is 0 Å². The lowest BCUT2D eigenvalue weighted by Gasteiger charge is -2.08. The minimum atomic E-state index is -4.09. The minimum absolute atomic E-state index is 0.00872. The number of carbonyl (C=O) groups is 1. The zero-order valence-corrected chi connectivity index (χ0v) is 13.3. The van der Waals surface area contributed by atoms with Crippen molar-refractivity contribution < 1.29 is 17.9 Å². The molecule has 1 aromatic rings. The molecule has 110 valence electrons. The van der Waals surface area contributed by atoms with Gasteiger partial charge in [0.15, 0.2) is 0 Å². The number of hydrogen-bond acceptors (Lipinski definition) is 4. The molecule has 1 aliphatic rings. The molecule has 1 fully saturated rings. The van der Waals surface area contributed by atoms with Crippen molar-refractivity contribution in [1.29, 1.82) is 0 Å². The molecule has 0 bridgehead atoms. The normalized spacial score (nSPS) is 15.2. The maximum atomic E-state index is 11.8. The number of carbonyl (C=O) groups excluding carboxylic acids is 1. The number of hydrogen-bond donors (Lipinski definition) is 0. The van der Waals surface area contributed by atoms with Crippen LogP contribution >= 0.6 is 33.9 Å². The lowest BCUT2D eigenvalue weighted by atomic mass is 10.2. The average Bonchev–Trinajstić information content (AvgIpc) is 3.14. The van der Waals surface area contributed by atoms with E-state index in [1.54, 1.807) is 0 Å². The summed E-state index contributed by atoms with van der Waals surface area (Å²) in [5.41, 5.74) is 0.00872. The summed E-state index contributed by atoms with van der Waals surface area (Å²) in [6, 6.07) is 2.32. The van der Waals surface area contributed by atoms with E-state index >= 15 is 0 Å². The third kappa shape index (κ3) is 4.01. The molecule has 0 saturated heterocycles. The molecule has 0 spiro atoms. The third-order valence-electron chi connectivity index (χ3n) is 2.95. The molecule has 0 aliphatic heterocycles. The fraction of sp³-hybridized carbons (Fsp3) is 0.417. The Bertz CT molecular complexity index is 638. The summed E-state index contributed by atoms with van der Waals surface area (Å²) in [6.45, 7) is 0.298. The van der Waals surface area contributed by atoms with E-state index in [0.717, 1.165) is 12.5 Å². The summed E-state index contributed by atoms with van der Waals surface area (Å²) in [7, 11) is 1.16. The Kier molecular flexibility index (Phi) is 4.84. The molecule has 1 aromatic carbocycles. The van der Waals surface area contributed by atoms with Gasteiger partial charge in [-0.05, 0) is 24.5 Å². The van der Waals surface area contributed by atoms with Crippen LogP contribution in [-0.4, -0.2) is 21.0 Å². The Morgan fingerprint density at radius 3 is 2.50 bits per heavy atom. The van der Waals surface area contributed by atoms with Crippen molar-refractivity contribution >= 4 is 48.9 Å². The van der Waals surface area contributed by atoms with Crippen LogP contribution in [0.2, 0.25) is 10.0 Å². The molecule has 0 amide bonds. The van der Waals surface area contributed by atoms with Gasteiger partial charge < -0.3 is 4.74 Å². The van der Waals surface area contributed by atoms with Crippen LogP contribution in [-0.2, 0) is 13.8 Å². The zero-order chi connectivity index (χ0) is 14.9. The molecular weight excluding hydrogens is 347 g/mol. The minimum Gasteiger partial charge on any atom is -0.462 e. The summed E-state index contributed by atoms with van der Waals surface area (Å²) in [4.78, 5) is 11.4. The van der Waals surface area contributed by atoms with E-state index in [4.69, 9.17) is 38.6 Å². The summed E-state index contributed by atoms with van der Waals surface area (Å²) in [6.07, 6.45) is 3.14. The molecule has 20 heavy (non-hydrogen) atoms. The molecule has 0 heterocycles. The van der Waals surface area contributed by atoms with E-state index in [2.05, 4.69) is 0 Å². The molecular formula is C12H11Cl3O4S. The Morgan fingerprint density at radius 1 is 1.30 bits per heavy atom. The van der Waals surface area contributed by atoms with Crippen LogP contribution in [0.4, 0.5) is 0 Å². The monoisotopic (exact) mass is 356 g/mol. The van der Waals surface area contributed by atoms with Crippen LogP contribution in [0.1, 0.15) is 29.6 Å². The molecule has 8 heteroatoms. The van der Waals surface area contributed by atoms with Gasteiger partial charge in [0.1, 0.15) is 4.90 Å². The quantitative estimate of drug-likeness (QED) is 0.593. The highest BCUT2D eigenvalue weighted by Crippen LogP contribution is 2.34. The van der Waals surface area contributed by atoms with E-state index in [0.29, 0.717) is 12.5 Å². The second-order valence-corrected chi connectivity index (χ2v) is 7.90. The molecule has 1 saturated carbocycles. The molecule has 0 radical (unpaired) electrons. The maximum Gasteiger partial charge on any atom is 0.338 e. The highest BCUT2D eigenvalue weighted by atomic mass is 35.7. The van der Waals surface area contributed by atoms with Gasteiger partial charge in [0, 0.05) is 10.7 Å². The van der Waals surface area contributed by atoms with Gasteiger partial charge in [-0.2, -0.15) is 0 Å². The smallest absolute Gasteiger partial charge is 0.338 e. The van der Waals surface area contributed by atoms with E-state index in [-0.39, 0.29) is 15.6 Å². The van der Waals surface area contributed by atoms with Gasteiger partial charge in [0.25, 0.3) is 9.05 Å². The van der Waals surface area contributed by atoms with Gasteiger partial charge in [0.2, 0.25) is 0 Å². The third-order valence-corrected chi connectivity index (χ3v) is 5.21. The van der Waals surface area contributed by atoms with Crippen molar-refractivity contribution in [1.82, 2.24) is 0 Å². The second-order valence-electron chi connectivity index (χ2n) is 4.58. The van der Waals surface area contributed by atoms with E-state index in [9.17, 15) is 13.2 Å². The summed E-state index contributed by atoms with van der Waals surface area (Å²) in [5.74, 6) is -0.0128. The van der Waals surface area contributed by atoms with Crippen molar-refractivity contribution in [2.24, 2.45) is 5.92 Å². The predicted octanol–water partition coefficient (Wildman–Crippen LogP) is 3.88. The fourth-order valence-corrected chi connectivity index (χ4v) is 3.43. The van der Waals surface area contributed by atoms with E-state index < -0.39 is 19.9 Å². The fourth-order valence-electron chi connectivity index (χ4n) is 1.67. The molecule has 0 unspecified atom stereocenters. The summed E-state index contributed by atoms with van der Waals surface area (Å²) < 4.78 is 27.8.